The quantitative estimate of drug-likeness (QED) is 0.860. The first-order chi connectivity index (χ1) is 10.0. The molecule has 1 atom stereocenters. The average Bonchev–Trinajstić information content (AvgIpc) is 2.92. The molecule has 1 unspecified atom stereocenters. The summed E-state index contributed by atoms with van der Waals surface area (Å²) in [4.78, 5) is 15.7. The molecule has 5 nitrogen and oxygen atoms in total. The van der Waals surface area contributed by atoms with Gasteiger partial charge in [-0.15, -0.1) is 0 Å². The highest BCUT2D eigenvalue weighted by molar-refractivity contribution is 6.34. The second kappa shape index (κ2) is 7.24. The van der Waals surface area contributed by atoms with E-state index >= 15 is 0 Å². The first-order valence-electron chi connectivity index (χ1n) is 6.30. The first kappa shape index (κ1) is 15.5. The smallest absolute Gasteiger partial charge is 0.244 e. The van der Waals surface area contributed by atoms with Gasteiger partial charge in [0.2, 0.25) is 5.91 Å². The highest BCUT2D eigenvalue weighted by Gasteiger charge is 2.06. The molecule has 1 N–H and O–H groups in total. The Morgan fingerprint density at radius 1 is 1.48 bits per heavy atom. The number of amides is 1. The zero-order valence-corrected chi connectivity index (χ0v) is 12.8. The van der Waals surface area contributed by atoms with E-state index in [1.54, 1.807) is 35.3 Å². The fraction of sp³-hybridized carbons (Fsp3) is 0.214. The van der Waals surface area contributed by atoms with Crippen molar-refractivity contribution in [2.45, 2.75) is 19.5 Å². The molecule has 2 rings (SSSR count). The molecule has 0 spiro atoms. The van der Waals surface area contributed by atoms with Crippen LogP contribution in [0.15, 0.2) is 36.9 Å². The molecule has 0 aliphatic rings. The molecule has 1 aromatic heterocycles. The van der Waals surface area contributed by atoms with Gasteiger partial charge in [0.1, 0.15) is 12.7 Å². The lowest BCUT2D eigenvalue weighted by molar-refractivity contribution is -0.117. The minimum absolute atomic E-state index is 0.0707. The van der Waals surface area contributed by atoms with Crippen molar-refractivity contribution in [2.75, 3.05) is 0 Å². The third kappa shape index (κ3) is 4.88. The van der Waals surface area contributed by atoms with Crippen LogP contribution < -0.4 is 5.32 Å². The standard InChI is InChI=1S/C14H14Cl2N4O/c1-10(7-20-9-17-8-18-20)19-14(21)5-2-11-6-12(15)3-4-13(11)16/h2-6,8-10H,7H2,1H3,(H,19,21). The lowest BCUT2D eigenvalue weighted by atomic mass is 10.2. The summed E-state index contributed by atoms with van der Waals surface area (Å²) in [6.45, 7) is 2.44. The second-order valence-electron chi connectivity index (χ2n) is 4.53. The monoisotopic (exact) mass is 324 g/mol. The topological polar surface area (TPSA) is 59.8 Å². The Kier molecular flexibility index (Phi) is 5.36. The zero-order chi connectivity index (χ0) is 15.2. The van der Waals surface area contributed by atoms with Gasteiger partial charge in [-0.1, -0.05) is 23.2 Å². The van der Waals surface area contributed by atoms with Crippen molar-refractivity contribution >= 4 is 35.2 Å². The van der Waals surface area contributed by atoms with E-state index in [1.165, 1.54) is 12.4 Å². The molecular weight excluding hydrogens is 311 g/mol. The highest BCUT2D eigenvalue weighted by Crippen LogP contribution is 2.21. The molecule has 0 saturated carbocycles. The summed E-state index contributed by atoms with van der Waals surface area (Å²) in [5, 5.41) is 7.92. The Morgan fingerprint density at radius 2 is 2.29 bits per heavy atom. The minimum atomic E-state index is -0.210. The van der Waals surface area contributed by atoms with Crippen LogP contribution in [-0.4, -0.2) is 26.7 Å². The summed E-state index contributed by atoms with van der Waals surface area (Å²) < 4.78 is 1.66. The van der Waals surface area contributed by atoms with E-state index < -0.39 is 0 Å². The van der Waals surface area contributed by atoms with Crippen LogP contribution in [0.25, 0.3) is 6.08 Å². The summed E-state index contributed by atoms with van der Waals surface area (Å²) in [6.07, 6.45) is 6.11. The minimum Gasteiger partial charge on any atom is -0.348 e. The zero-order valence-electron chi connectivity index (χ0n) is 11.3. The maximum absolute atomic E-state index is 11.8. The fourth-order valence-electron chi connectivity index (χ4n) is 1.75. The molecule has 1 aromatic carbocycles. The van der Waals surface area contributed by atoms with Crippen LogP contribution in [0.4, 0.5) is 0 Å². The number of carbonyl (C=O) groups excluding carboxylic acids is 1. The maximum atomic E-state index is 11.8. The van der Waals surface area contributed by atoms with Gasteiger partial charge in [-0.05, 0) is 36.8 Å². The number of halogens is 2. The second-order valence-corrected chi connectivity index (χ2v) is 5.37. The van der Waals surface area contributed by atoms with E-state index in [1.807, 2.05) is 6.92 Å². The van der Waals surface area contributed by atoms with Crippen LogP contribution in [0, 0.1) is 0 Å². The van der Waals surface area contributed by atoms with E-state index in [4.69, 9.17) is 23.2 Å². The molecule has 110 valence electrons. The van der Waals surface area contributed by atoms with Crippen LogP contribution in [0.5, 0.6) is 0 Å². The molecule has 1 amide bonds. The van der Waals surface area contributed by atoms with Crippen LogP contribution in [-0.2, 0) is 11.3 Å². The molecule has 7 heteroatoms. The number of nitrogens with zero attached hydrogens (tertiary/aromatic N) is 3. The van der Waals surface area contributed by atoms with E-state index in [9.17, 15) is 4.79 Å². The highest BCUT2D eigenvalue weighted by atomic mass is 35.5. The van der Waals surface area contributed by atoms with Crippen LogP contribution in [0.1, 0.15) is 12.5 Å². The summed E-state index contributed by atoms with van der Waals surface area (Å²) in [5.74, 6) is -0.210. The lowest BCUT2D eigenvalue weighted by Crippen LogP contribution is -2.34. The number of aromatic nitrogens is 3. The van der Waals surface area contributed by atoms with Gasteiger partial charge in [0.15, 0.2) is 0 Å². The Hall–Kier alpha value is -1.85. The van der Waals surface area contributed by atoms with Crippen molar-refractivity contribution in [3.8, 4) is 0 Å². The van der Waals surface area contributed by atoms with Crippen molar-refractivity contribution in [1.29, 1.82) is 0 Å². The van der Waals surface area contributed by atoms with Gasteiger partial charge in [0.25, 0.3) is 0 Å². The Balaban J connectivity index is 1.91. The number of hydrogen-bond acceptors (Lipinski definition) is 3. The molecule has 0 saturated heterocycles. The molecule has 0 aliphatic carbocycles. The van der Waals surface area contributed by atoms with Gasteiger partial charge in [0, 0.05) is 22.2 Å². The van der Waals surface area contributed by atoms with Crippen molar-refractivity contribution in [3.05, 3.63) is 52.5 Å². The molecule has 0 fully saturated rings. The molecule has 2 aromatic rings. The van der Waals surface area contributed by atoms with Gasteiger partial charge in [-0.2, -0.15) is 5.10 Å². The number of hydrogen-bond donors (Lipinski definition) is 1. The van der Waals surface area contributed by atoms with Crippen LogP contribution in [0.3, 0.4) is 0 Å². The molecule has 0 bridgehead atoms. The van der Waals surface area contributed by atoms with Crippen molar-refractivity contribution < 1.29 is 4.79 Å². The summed E-state index contributed by atoms with van der Waals surface area (Å²) in [6, 6.07) is 5.02. The Bertz CT molecular complexity index is 640. The normalized spacial score (nSPS) is 12.5. The number of nitrogens with one attached hydrogen (secondary N) is 1. The number of rotatable bonds is 5. The fourth-order valence-corrected chi connectivity index (χ4v) is 2.11. The van der Waals surface area contributed by atoms with E-state index in [0.29, 0.717) is 22.2 Å². The van der Waals surface area contributed by atoms with Gasteiger partial charge < -0.3 is 5.32 Å². The van der Waals surface area contributed by atoms with Crippen LogP contribution >= 0.6 is 23.2 Å². The third-order valence-corrected chi connectivity index (χ3v) is 3.27. The SMILES string of the molecule is CC(Cn1cncn1)NC(=O)C=Cc1cc(Cl)ccc1Cl. The maximum Gasteiger partial charge on any atom is 0.244 e. The first-order valence-corrected chi connectivity index (χ1v) is 7.06. The largest absolute Gasteiger partial charge is 0.348 e. The molecule has 0 radical (unpaired) electrons. The van der Waals surface area contributed by atoms with Gasteiger partial charge in [0.05, 0.1) is 6.54 Å². The molecule has 1 heterocycles. The Morgan fingerprint density at radius 3 is 3.00 bits per heavy atom. The summed E-state index contributed by atoms with van der Waals surface area (Å²) in [5.41, 5.74) is 0.697. The number of benzene rings is 1. The summed E-state index contributed by atoms with van der Waals surface area (Å²) >= 11 is 11.9. The summed E-state index contributed by atoms with van der Waals surface area (Å²) in [7, 11) is 0. The third-order valence-electron chi connectivity index (χ3n) is 2.69. The lowest BCUT2D eigenvalue weighted by Gasteiger charge is -2.11. The average molecular weight is 325 g/mol. The van der Waals surface area contributed by atoms with Crippen molar-refractivity contribution in [1.82, 2.24) is 20.1 Å². The predicted octanol–water partition coefficient (Wildman–Crippen LogP) is 2.80. The van der Waals surface area contributed by atoms with E-state index in [2.05, 4.69) is 15.4 Å². The predicted molar refractivity (Wildman–Crippen MR) is 83.1 cm³/mol. The molecule has 21 heavy (non-hydrogen) atoms. The van der Waals surface area contributed by atoms with Crippen molar-refractivity contribution in [3.63, 3.8) is 0 Å². The molecular formula is C14H14Cl2N4O. The van der Waals surface area contributed by atoms with Crippen LogP contribution in [0.2, 0.25) is 10.0 Å². The van der Waals surface area contributed by atoms with E-state index in [0.717, 1.165) is 0 Å². The van der Waals surface area contributed by atoms with Crippen molar-refractivity contribution in [2.24, 2.45) is 0 Å². The number of carbonyl (C=O) groups is 1. The van der Waals surface area contributed by atoms with E-state index in [-0.39, 0.29) is 11.9 Å². The Labute approximate surface area is 132 Å². The van der Waals surface area contributed by atoms with Gasteiger partial charge in [-0.3, -0.25) is 9.48 Å². The molecule has 0 aliphatic heterocycles. The van der Waals surface area contributed by atoms with Gasteiger partial charge in [-0.25, -0.2) is 4.98 Å². The van der Waals surface area contributed by atoms with Gasteiger partial charge >= 0.3 is 0 Å².